The SMILES string of the molecule is N[C@H](CCC(=O)O)C([NH3+])=O. The molecule has 0 unspecified atom stereocenters. The lowest BCUT2D eigenvalue weighted by Crippen LogP contribution is -2.64. The Hall–Kier alpha value is -0.940. The number of rotatable bonds is 4. The molecule has 1 amide bonds. The van der Waals surface area contributed by atoms with E-state index in [2.05, 4.69) is 5.73 Å². The third-order valence-electron chi connectivity index (χ3n) is 1.08. The van der Waals surface area contributed by atoms with Crippen LogP contribution in [0.1, 0.15) is 12.8 Å². The van der Waals surface area contributed by atoms with Gasteiger partial charge in [0.2, 0.25) is 0 Å². The summed E-state index contributed by atoms with van der Waals surface area (Å²) in [5.74, 6) is -1.36. The Morgan fingerprint density at radius 2 is 2.10 bits per heavy atom. The van der Waals surface area contributed by atoms with Gasteiger partial charge in [0.25, 0.3) is 0 Å². The lowest BCUT2D eigenvalue weighted by Gasteiger charge is -1.99. The monoisotopic (exact) mass is 147 g/mol. The van der Waals surface area contributed by atoms with Crippen molar-refractivity contribution in [3.05, 3.63) is 0 Å². The fraction of sp³-hybridized carbons (Fsp3) is 0.600. The second-order valence-corrected chi connectivity index (χ2v) is 2.01. The second kappa shape index (κ2) is 3.97. The molecule has 0 bridgehead atoms. The Bertz CT molecular complexity index is 146. The zero-order valence-electron chi connectivity index (χ0n) is 5.54. The van der Waals surface area contributed by atoms with Gasteiger partial charge in [0.15, 0.2) is 0 Å². The van der Waals surface area contributed by atoms with E-state index in [0.29, 0.717) is 0 Å². The van der Waals surface area contributed by atoms with Gasteiger partial charge in [-0.3, -0.25) is 10.5 Å². The van der Waals surface area contributed by atoms with Gasteiger partial charge in [-0.15, -0.1) is 0 Å². The van der Waals surface area contributed by atoms with Crippen molar-refractivity contribution < 1.29 is 20.4 Å². The number of hydrogen-bond acceptors (Lipinski definition) is 3. The fourth-order valence-electron chi connectivity index (χ4n) is 0.440. The quantitative estimate of drug-likeness (QED) is 0.425. The number of carbonyl (C=O) groups is 2. The average Bonchev–Trinajstić information content (AvgIpc) is 1.82. The van der Waals surface area contributed by atoms with Gasteiger partial charge in [-0.2, -0.15) is 0 Å². The Morgan fingerprint density at radius 1 is 1.60 bits per heavy atom. The number of carboxylic acids is 1. The van der Waals surface area contributed by atoms with E-state index in [1.807, 2.05) is 0 Å². The van der Waals surface area contributed by atoms with E-state index >= 15 is 0 Å². The van der Waals surface area contributed by atoms with Gasteiger partial charge in [0.05, 0.1) is 0 Å². The maximum Gasteiger partial charge on any atom is 0.325 e. The molecule has 0 spiro atoms. The molecule has 1 atom stereocenters. The van der Waals surface area contributed by atoms with Crippen LogP contribution in [0.2, 0.25) is 0 Å². The lowest BCUT2D eigenvalue weighted by molar-refractivity contribution is -0.307. The highest BCUT2D eigenvalue weighted by atomic mass is 16.4. The summed E-state index contributed by atoms with van der Waals surface area (Å²) < 4.78 is 0. The molecule has 0 heterocycles. The maximum absolute atomic E-state index is 10.3. The molecule has 5 heteroatoms. The number of quaternary nitrogens is 1. The van der Waals surface area contributed by atoms with Crippen LogP contribution in [0.15, 0.2) is 0 Å². The Labute approximate surface area is 58.0 Å². The number of carboxylic acid groups (broad SMARTS) is 1. The topological polar surface area (TPSA) is 108 Å². The zero-order valence-corrected chi connectivity index (χ0v) is 5.54. The van der Waals surface area contributed by atoms with Crippen LogP contribution in [0.5, 0.6) is 0 Å². The zero-order chi connectivity index (χ0) is 8.15. The summed E-state index contributed by atoms with van der Waals surface area (Å²) in [7, 11) is 0. The van der Waals surface area contributed by atoms with Crippen molar-refractivity contribution in [2.45, 2.75) is 18.9 Å². The molecule has 0 aromatic carbocycles. The largest absolute Gasteiger partial charge is 0.481 e. The first-order valence-electron chi connectivity index (χ1n) is 2.87. The Morgan fingerprint density at radius 3 is 2.40 bits per heavy atom. The summed E-state index contributed by atoms with van der Waals surface area (Å²) in [6.07, 6.45) is 0.0834. The number of nitrogens with two attached hydrogens (primary N) is 1. The van der Waals surface area contributed by atoms with Crippen LogP contribution in [-0.2, 0) is 9.59 Å². The van der Waals surface area contributed by atoms with Crippen molar-refractivity contribution in [2.24, 2.45) is 5.73 Å². The van der Waals surface area contributed by atoms with Crippen LogP contribution in [0, 0.1) is 0 Å². The van der Waals surface area contributed by atoms with Crippen LogP contribution in [-0.4, -0.2) is 23.0 Å². The fourth-order valence-corrected chi connectivity index (χ4v) is 0.440. The molecule has 0 aliphatic heterocycles. The summed E-state index contributed by atoms with van der Waals surface area (Å²) in [6, 6.07) is -0.726. The predicted octanol–water partition coefficient (Wildman–Crippen LogP) is -2.05. The molecule has 0 radical (unpaired) electrons. The van der Waals surface area contributed by atoms with E-state index in [4.69, 9.17) is 10.8 Å². The summed E-state index contributed by atoms with van der Waals surface area (Å²) in [4.78, 5) is 20.3. The molecule has 0 saturated heterocycles. The molecule has 0 aliphatic rings. The van der Waals surface area contributed by atoms with Crippen molar-refractivity contribution in [2.75, 3.05) is 0 Å². The molecule has 6 N–H and O–H groups in total. The first-order valence-corrected chi connectivity index (χ1v) is 2.87. The van der Waals surface area contributed by atoms with Crippen LogP contribution in [0.25, 0.3) is 0 Å². The van der Waals surface area contributed by atoms with E-state index in [1.165, 1.54) is 0 Å². The first-order chi connectivity index (χ1) is 4.54. The molecule has 0 saturated carbocycles. The molecular weight excluding hydrogens is 136 g/mol. The minimum absolute atomic E-state index is 0.0809. The molecule has 10 heavy (non-hydrogen) atoms. The molecule has 58 valence electrons. The van der Waals surface area contributed by atoms with Gasteiger partial charge in [0.1, 0.15) is 6.04 Å². The van der Waals surface area contributed by atoms with Crippen molar-refractivity contribution in [3.63, 3.8) is 0 Å². The Kier molecular flexibility index (Phi) is 3.60. The van der Waals surface area contributed by atoms with Gasteiger partial charge in [-0.25, -0.2) is 4.79 Å². The maximum atomic E-state index is 10.3. The highest BCUT2D eigenvalue weighted by molar-refractivity contribution is 5.72. The van der Waals surface area contributed by atoms with E-state index in [-0.39, 0.29) is 12.8 Å². The molecule has 0 aromatic rings. The van der Waals surface area contributed by atoms with Crippen molar-refractivity contribution >= 4 is 11.9 Å². The minimum atomic E-state index is -0.948. The molecule has 0 aliphatic carbocycles. The van der Waals surface area contributed by atoms with E-state index in [0.717, 1.165) is 0 Å². The smallest absolute Gasteiger partial charge is 0.325 e. The standard InChI is InChI=1S/C5H10N2O3/c6-3(5(7)10)1-2-4(8)9/h3H,1-2,6H2,(H2,7,10)(H,8,9)/p+1/t3-/m1/s1. The molecular formula is C5H11N2O3+. The van der Waals surface area contributed by atoms with Gasteiger partial charge in [-0.05, 0) is 6.42 Å². The molecule has 0 fully saturated rings. The van der Waals surface area contributed by atoms with Gasteiger partial charge < -0.3 is 10.8 Å². The van der Waals surface area contributed by atoms with E-state index in [1.54, 1.807) is 0 Å². The first kappa shape index (κ1) is 9.06. The third kappa shape index (κ3) is 3.99. The summed E-state index contributed by atoms with van der Waals surface area (Å²) in [5.41, 5.74) is 8.25. The van der Waals surface area contributed by atoms with Crippen LogP contribution in [0.3, 0.4) is 0 Å². The number of aliphatic carboxylic acids is 1. The van der Waals surface area contributed by atoms with Crippen LogP contribution < -0.4 is 11.5 Å². The second-order valence-electron chi connectivity index (χ2n) is 2.01. The number of hydrogen-bond donors (Lipinski definition) is 3. The summed E-state index contributed by atoms with van der Waals surface area (Å²) in [5, 5.41) is 8.16. The molecule has 0 rings (SSSR count). The number of carbonyl (C=O) groups excluding carboxylic acids is 1. The highest BCUT2D eigenvalue weighted by Gasteiger charge is 2.13. The van der Waals surface area contributed by atoms with E-state index < -0.39 is 17.9 Å². The van der Waals surface area contributed by atoms with Gasteiger partial charge >= 0.3 is 11.9 Å². The van der Waals surface area contributed by atoms with Gasteiger partial charge in [0, 0.05) is 6.42 Å². The highest BCUT2D eigenvalue weighted by Crippen LogP contribution is 1.91. The predicted molar refractivity (Wildman–Crippen MR) is 32.7 cm³/mol. The van der Waals surface area contributed by atoms with Crippen LogP contribution >= 0.6 is 0 Å². The third-order valence-corrected chi connectivity index (χ3v) is 1.08. The van der Waals surface area contributed by atoms with Crippen molar-refractivity contribution in [3.8, 4) is 0 Å². The summed E-state index contributed by atoms with van der Waals surface area (Å²) >= 11 is 0. The normalized spacial score (nSPS) is 12.6. The number of amides is 1. The minimum Gasteiger partial charge on any atom is -0.481 e. The molecule has 5 nitrogen and oxygen atoms in total. The van der Waals surface area contributed by atoms with Gasteiger partial charge in [-0.1, -0.05) is 0 Å². The summed E-state index contributed by atoms with van der Waals surface area (Å²) in [6.45, 7) is 0. The average molecular weight is 147 g/mol. The van der Waals surface area contributed by atoms with E-state index in [9.17, 15) is 9.59 Å². The van der Waals surface area contributed by atoms with Crippen molar-refractivity contribution in [1.82, 2.24) is 0 Å². The molecule has 0 aromatic heterocycles. The lowest BCUT2D eigenvalue weighted by atomic mass is 10.1. The Balaban J connectivity index is 3.49. The van der Waals surface area contributed by atoms with Crippen molar-refractivity contribution in [1.29, 1.82) is 0 Å². The van der Waals surface area contributed by atoms with Crippen LogP contribution in [0.4, 0.5) is 0 Å².